The number of hydrogen-bond donors (Lipinski definition) is 1. The van der Waals surface area contributed by atoms with E-state index in [1.807, 2.05) is 0 Å². The average molecular weight is 240 g/mol. The van der Waals surface area contributed by atoms with E-state index in [4.69, 9.17) is 4.74 Å². The maximum atomic E-state index is 5.69. The molecule has 2 fully saturated rings. The van der Waals surface area contributed by atoms with E-state index < -0.39 is 0 Å². The lowest BCUT2D eigenvalue weighted by molar-refractivity contribution is 0.0828. The highest BCUT2D eigenvalue weighted by atomic mass is 16.5. The molecule has 2 atom stereocenters. The summed E-state index contributed by atoms with van der Waals surface area (Å²) in [6, 6.07) is 0.508. The van der Waals surface area contributed by atoms with Gasteiger partial charge in [0.25, 0.3) is 0 Å². The molecule has 2 unspecified atom stereocenters. The molecule has 0 amide bonds. The molecule has 0 radical (unpaired) electrons. The second kappa shape index (κ2) is 5.68. The van der Waals surface area contributed by atoms with Crippen molar-refractivity contribution >= 4 is 0 Å². The quantitative estimate of drug-likeness (QED) is 0.794. The van der Waals surface area contributed by atoms with Gasteiger partial charge in [0.05, 0.1) is 6.10 Å². The topological polar surface area (TPSA) is 24.5 Å². The fraction of sp³-hybridized carbons (Fsp3) is 1.00. The first-order valence-corrected chi connectivity index (χ1v) is 7.14. The van der Waals surface area contributed by atoms with Gasteiger partial charge >= 0.3 is 0 Å². The van der Waals surface area contributed by atoms with Crippen LogP contribution >= 0.6 is 0 Å². The molecule has 0 aromatic heterocycles. The number of ether oxygens (including phenoxy) is 1. The summed E-state index contributed by atoms with van der Waals surface area (Å²) < 4.78 is 5.69. The molecule has 100 valence electrons. The highest BCUT2D eigenvalue weighted by molar-refractivity contribution is 4.83. The Morgan fingerprint density at radius 1 is 1.47 bits per heavy atom. The van der Waals surface area contributed by atoms with Crippen LogP contribution in [0.1, 0.15) is 40.0 Å². The van der Waals surface area contributed by atoms with E-state index >= 15 is 0 Å². The minimum Gasteiger partial charge on any atom is -0.377 e. The van der Waals surface area contributed by atoms with Gasteiger partial charge < -0.3 is 15.0 Å². The molecule has 2 aliphatic rings. The maximum absolute atomic E-state index is 5.69. The summed E-state index contributed by atoms with van der Waals surface area (Å²) in [6.45, 7) is 12.7. The zero-order valence-corrected chi connectivity index (χ0v) is 11.7. The Hall–Kier alpha value is -0.120. The lowest BCUT2D eigenvalue weighted by Gasteiger charge is -2.23. The van der Waals surface area contributed by atoms with Gasteiger partial charge in [-0.3, -0.25) is 0 Å². The molecule has 0 saturated carbocycles. The van der Waals surface area contributed by atoms with E-state index in [9.17, 15) is 0 Å². The summed E-state index contributed by atoms with van der Waals surface area (Å²) >= 11 is 0. The number of rotatable bonds is 5. The van der Waals surface area contributed by atoms with Crippen molar-refractivity contribution in [1.29, 1.82) is 0 Å². The van der Waals surface area contributed by atoms with Crippen molar-refractivity contribution in [3.63, 3.8) is 0 Å². The van der Waals surface area contributed by atoms with Crippen molar-refractivity contribution in [2.75, 3.05) is 32.8 Å². The van der Waals surface area contributed by atoms with Gasteiger partial charge in [-0.2, -0.15) is 0 Å². The fourth-order valence-electron chi connectivity index (χ4n) is 2.99. The van der Waals surface area contributed by atoms with Gasteiger partial charge in [-0.15, -0.1) is 0 Å². The minimum atomic E-state index is 0.449. The lowest BCUT2D eigenvalue weighted by Crippen LogP contribution is -2.41. The van der Waals surface area contributed by atoms with Crippen molar-refractivity contribution in [3.8, 4) is 0 Å². The second-order valence-corrected chi connectivity index (χ2v) is 6.48. The van der Waals surface area contributed by atoms with Crippen LogP contribution in [0.25, 0.3) is 0 Å². The van der Waals surface area contributed by atoms with E-state index in [1.54, 1.807) is 0 Å². The SMILES string of the molecule is CC(NCCN1CCC(C)(C)C1)C1CCCO1. The van der Waals surface area contributed by atoms with Crippen LogP contribution in [-0.2, 0) is 4.74 Å². The zero-order valence-electron chi connectivity index (χ0n) is 11.7. The fourth-order valence-corrected chi connectivity index (χ4v) is 2.99. The molecule has 2 saturated heterocycles. The third-order valence-electron chi connectivity index (χ3n) is 4.17. The van der Waals surface area contributed by atoms with E-state index in [0.717, 1.165) is 13.2 Å². The summed E-state index contributed by atoms with van der Waals surface area (Å²) in [6.07, 6.45) is 4.25. The maximum Gasteiger partial charge on any atom is 0.0726 e. The Morgan fingerprint density at radius 2 is 2.29 bits per heavy atom. The standard InChI is InChI=1S/C14H28N2O/c1-12(13-5-4-10-17-13)15-7-9-16-8-6-14(2,3)11-16/h12-13,15H,4-11H2,1-3H3. The predicted molar refractivity (Wildman–Crippen MR) is 71.3 cm³/mol. The molecule has 2 aliphatic heterocycles. The van der Waals surface area contributed by atoms with E-state index in [2.05, 4.69) is 31.0 Å². The van der Waals surface area contributed by atoms with E-state index in [-0.39, 0.29) is 0 Å². The van der Waals surface area contributed by atoms with Crippen LogP contribution in [0.15, 0.2) is 0 Å². The first-order valence-electron chi connectivity index (χ1n) is 7.14. The van der Waals surface area contributed by atoms with Gasteiger partial charge in [0.1, 0.15) is 0 Å². The molecular weight excluding hydrogens is 212 g/mol. The summed E-state index contributed by atoms with van der Waals surface area (Å²) in [5.41, 5.74) is 0.528. The Kier molecular flexibility index (Phi) is 4.45. The Balaban J connectivity index is 1.59. The molecule has 0 aliphatic carbocycles. The van der Waals surface area contributed by atoms with Crippen LogP contribution in [0.4, 0.5) is 0 Å². The van der Waals surface area contributed by atoms with Crippen LogP contribution in [-0.4, -0.2) is 49.8 Å². The van der Waals surface area contributed by atoms with Crippen molar-refractivity contribution < 1.29 is 4.74 Å². The molecule has 0 aromatic rings. The van der Waals surface area contributed by atoms with Gasteiger partial charge in [0, 0.05) is 32.3 Å². The van der Waals surface area contributed by atoms with Gasteiger partial charge in [0.2, 0.25) is 0 Å². The number of nitrogens with one attached hydrogen (secondary N) is 1. The molecule has 0 spiro atoms. The number of hydrogen-bond acceptors (Lipinski definition) is 3. The first kappa shape index (κ1) is 13.3. The Bertz CT molecular complexity index is 234. The second-order valence-electron chi connectivity index (χ2n) is 6.48. The molecule has 17 heavy (non-hydrogen) atoms. The molecule has 2 rings (SSSR count). The van der Waals surface area contributed by atoms with Crippen LogP contribution in [0.2, 0.25) is 0 Å². The summed E-state index contributed by atoms with van der Waals surface area (Å²) in [5, 5.41) is 3.61. The van der Waals surface area contributed by atoms with Crippen LogP contribution in [0.5, 0.6) is 0 Å². The zero-order chi connectivity index (χ0) is 12.3. The largest absolute Gasteiger partial charge is 0.377 e. The van der Waals surface area contributed by atoms with Crippen LogP contribution in [0.3, 0.4) is 0 Å². The summed E-state index contributed by atoms with van der Waals surface area (Å²) in [4.78, 5) is 2.58. The van der Waals surface area contributed by atoms with Crippen molar-refractivity contribution in [2.45, 2.75) is 52.2 Å². The highest BCUT2D eigenvalue weighted by Gasteiger charge is 2.28. The van der Waals surface area contributed by atoms with Gasteiger partial charge in [-0.25, -0.2) is 0 Å². The van der Waals surface area contributed by atoms with Crippen LogP contribution in [0, 0.1) is 5.41 Å². The summed E-state index contributed by atoms with van der Waals surface area (Å²) in [5.74, 6) is 0. The number of nitrogens with zero attached hydrogens (tertiary/aromatic N) is 1. The summed E-state index contributed by atoms with van der Waals surface area (Å²) in [7, 11) is 0. The molecule has 3 nitrogen and oxygen atoms in total. The van der Waals surface area contributed by atoms with E-state index in [1.165, 1.54) is 38.9 Å². The molecule has 1 N–H and O–H groups in total. The lowest BCUT2D eigenvalue weighted by atomic mass is 9.93. The smallest absolute Gasteiger partial charge is 0.0726 e. The predicted octanol–water partition coefficient (Wildman–Crippen LogP) is 1.88. The molecule has 2 heterocycles. The molecule has 3 heteroatoms. The van der Waals surface area contributed by atoms with Gasteiger partial charge in [-0.1, -0.05) is 13.8 Å². The highest BCUT2D eigenvalue weighted by Crippen LogP contribution is 2.28. The average Bonchev–Trinajstić information content (AvgIpc) is 2.87. The molecule has 0 aromatic carbocycles. The third-order valence-corrected chi connectivity index (χ3v) is 4.17. The third kappa shape index (κ3) is 3.94. The minimum absolute atomic E-state index is 0.449. The van der Waals surface area contributed by atoms with Gasteiger partial charge in [-0.05, 0) is 38.1 Å². The first-order chi connectivity index (χ1) is 8.07. The van der Waals surface area contributed by atoms with Gasteiger partial charge in [0.15, 0.2) is 0 Å². The van der Waals surface area contributed by atoms with Crippen LogP contribution < -0.4 is 5.32 Å². The molecular formula is C14H28N2O. The van der Waals surface area contributed by atoms with Crippen molar-refractivity contribution in [3.05, 3.63) is 0 Å². The van der Waals surface area contributed by atoms with Crippen molar-refractivity contribution in [2.24, 2.45) is 5.41 Å². The molecule has 0 bridgehead atoms. The Morgan fingerprint density at radius 3 is 2.88 bits per heavy atom. The number of likely N-dealkylation sites (tertiary alicyclic amines) is 1. The normalized spacial score (nSPS) is 30.9. The van der Waals surface area contributed by atoms with E-state index in [0.29, 0.717) is 17.6 Å². The Labute approximate surface area is 106 Å². The monoisotopic (exact) mass is 240 g/mol. The van der Waals surface area contributed by atoms with Crippen molar-refractivity contribution in [1.82, 2.24) is 10.2 Å².